The molecule has 1 aromatic heterocycles. The van der Waals surface area contributed by atoms with E-state index < -0.39 is 22.2 Å². The molecule has 122 valence electrons. The van der Waals surface area contributed by atoms with Crippen LogP contribution >= 0.6 is 11.3 Å². The third-order valence-electron chi connectivity index (χ3n) is 3.83. The second-order valence-electron chi connectivity index (χ2n) is 5.53. The van der Waals surface area contributed by atoms with Crippen molar-refractivity contribution < 1.29 is 13.5 Å². The summed E-state index contributed by atoms with van der Waals surface area (Å²) in [6, 6.07) is 2.87. The van der Waals surface area contributed by atoms with Crippen molar-refractivity contribution in [3.63, 3.8) is 0 Å². The predicted molar refractivity (Wildman–Crippen MR) is 88.0 cm³/mol. The number of unbranched alkanes of at least 4 members (excludes halogenated alkanes) is 2. The van der Waals surface area contributed by atoms with E-state index in [4.69, 9.17) is 0 Å². The summed E-state index contributed by atoms with van der Waals surface area (Å²) < 4.78 is 27.7. The molecule has 4 nitrogen and oxygen atoms in total. The summed E-state index contributed by atoms with van der Waals surface area (Å²) in [6.07, 6.45) is 3.88. The molecule has 0 amide bonds. The lowest BCUT2D eigenvalue weighted by molar-refractivity contribution is 0.100. The smallest absolute Gasteiger partial charge is 0.250 e. The van der Waals surface area contributed by atoms with Crippen LogP contribution in [-0.4, -0.2) is 25.7 Å². The van der Waals surface area contributed by atoms with Crippen LogP contribution in [0.25, 0.3) is 0 Å². The van der Waals surface area contributed by atoms with Gasteiger partial charge in [0, 0.05) is 0 Å². The molecule has 21 heavy (non-hydrogen) atoms. The fourth-order valence-electron chi connectivity index (χ4n) is 2.26. The normalized spacial score (nSPS) is 16.6. The quantitative estimate of drug-likeness (QED) is 0.645. The lowest BCUT2D eigenvalue weighted by Gasteiger charge is -2.28. The maximum Gasteiger partial charge on any atom is 0.250 e. The Bertz CT molecular complexity index is 485. The zero-order chi connectivity index (χ0) is 15.9. The van der Waals surface area contributed by atoms with Gasteiger partial charge in [0.05, 0.1) is 12.1 Å². The number of hydrogen-bond acceptors (Lipinski definition) is 4. The number of nitrogens with one attached hydrogen (secondary N) is 1. The topological polar surface area (TPSA) is 66.4 Å². The van der Waals surface area contributed by atoms with E-state index in [1.54, 1.807) is 17.5 Å². The van der Waals surface area contributed by atoms with Crippen LogP contribution in [-0.2, 0) is 10.0 Å². The van der Waals surface area contributed by atoms with Crippen molar-refractivity contribution in [3.8, 4) is 0 Å². The highest BCUT2D eigenvalue weighted by atomic mass is 32.2. The van der Waals surface area contributed by atoms with Crippen molar-refractivity contribution in [2.24, 2.45) is 5.92 Å². The zero-order valence-electron chi connectivity index (χ0n) is 13.1. The van der Waals surface area contributed by atoms with Gasteiger partial charge >= 0.3 is 0 Å². The third-order valence-corrected chi connectivity index (χ3v) is 6.68. The highest BCUT2D eigenvalue weighted by Crippen LogP contribution is 2.21. The van der Waals surface area contributed by atoms with Crippen molar-refractivity contribution in [1.29, 1.82) is 0 Å². The Labute approximate surface area is 132 Å². The van der Waals surface area contributed by atoms with Crippen LogP contribution in [0, 0.1) is 5.92 Å². The average Bonchev–Trinajstić information content (AvgIpc) is 2.99. The van der Waals surface area contributed by atoms with Gasteiger partial charge in [0.25, 0.3) is 0 Å². The van der Waals surface area contributed by atoms with Crippen LogP contribution < -0.4 is 4.72 Å². The monoisotopic (exact) mass is 333 g/mol. The molecule has 0 aliphatic rings. The van der Waals surface area contributed by atoms with Gasteiger partial charge in [-0.2, -0.15) is 0 Å². The van der Waals surface area contributed by atoms with E-state index in [0.717, 1.165) is 25.7 Å². The largest absolute Gasteiger partial charge is 0.391 e. The van der Waals surface area contributed by atoms with Crippen molar-refractivity contribution >= 4 is 21.4 Å². The van der Waals surface area contributed by atoms with Crippen molar-refractivity contribution in [3.05, 3.63) is 17.5 Å². The SMILES string of the molecule is CCCCCC(O)C(NS(=O)(=O)c1cccs1)[C@@H](C)CC. The molecule has 0 fully saturated rings. The summed E-state index contributed by atoms with van der Waals surface area (Å²) in [5.41, 5.74) is 0. The summed E-state index contributed by atoms with van der Waals surface area (Å²) in [5.74, 6) is 0.0939. The molecule has 2 N–H and O–H groups in total. The number of thiophene rings is 1. The fraction of sp³-hybridized carbons (Fsp3) is 0.733. The van der Waals surface area contributed by atoms with Crippen molar-refractivity contribution in [1.82, 2.24) is 4.72 Å². The minimum Gasteiger partial charge on any atom is -0.391 e. The van der Waals surface area contributed by atoms with Crippen LogP contribution in [0.5, 0.6) is 0 Å². The minimum absolute atomic E-state index is 0.0939. The van der Waals surface area contributed by atoms with E-state index in [2.05, 4.69) is 11.6 Å². The number of aliphatic hydroxyl groups is 1. The van der Waals surface area contributed by atoms with Crippen LogP contribution in [0.4, 0.5) is 0 Å². The lowest BCUT2D eigenvalue weighted by Crippen LogP contribution is -2.47. The van der Waals surface area contributed by atoms with Gasteiger partial charge in [0.15, 0.2) is 0 Å². The summed E-state index contributed by atoms with van der Waals surface area (Å²) in [7, 11) is -3.54. The molecule has 0 bridgehead atoms. The third kappa shape index (κ3) is 5.70. The molecule has 0 radical (unpaired) electrons. The minimum atomic E-state index is -3.54. The predicted octanol–water partition coefficient (Wildman–Crippen LogP) is 3.38. The molecule has 0 saturated carbocycles. The molecule has 1 aromatic rings. The van der Waals surface area contributed by atoms with Gasteiger partial charge in [-0.15, -0.1) is 11.3 Å². The average molecular weight is 334 g/mol. The van der Waals surface area contributed by atoms with Gasteiger partial charge in [0.1, 0.15) is 4.21 Å². The molecule has 2 unspecified atom stereocenters. The van der Waals surface area contributed by atoms with Crippen LogP contribution in [0.15, 0.2) is 21.7 Å². The van der Waals surface area contributed by atoms with E-state index in [-0.39, 0.29) is 5.92 Å². The first-order valence-electron chi connectivity index (χ1n) is 7.66. The molecule has 6 heteroatoms. The Balaban J connectivity index is 2.78. The standard InChI is InChI=1S/C15H27NO3S2/c1-4-6-7-9-13(17)15(12(3)5-2)16-21(18,19)14-10-8-11-20-14/h8,10-13,15-17H,4-7,9H2,1-3H3/t12-,13?,15?/m0/s1. The Kier molecular flexibility index (Phi) is 7.87. The first kappa shape index (κ1) is 18.6. The van der Waals surface area contributed by atoms with E-state index in [0.29, 0.717) is 10.6 Å². The van der Waals surface area contributed by atoms with Crippen molar-refractivity contribution in [2.45, 2.75) is 69.2 Å². The maximum absolute atomic E-state index is 12.3. The number of rotatable bonds is 10. The Morgan fingerprint density at radius 2 is 2.05 bits per heavy atom. The molecule has 0 spiro atoms. The molecule has 0 aliphatic heterocycles. The molecule has 0 aliphatic carbocycles. The summed E-state index contributed by atoms with van der Waals surface area (Å²) >= 11 is 1.19. The lowest BCUT2D eigenvalue weighted by atomic mass is 9.92. The summed E-state index contributed by atoms with van der Waals surface area (Å²) in [6.45, 7) is 6.10. The van der Waals surface area contributed by atoms with Gasteiger partial charge in [0.2, 0.25) is 10.0 Å². The molecule has 3 atom stereocenters. The summed E-state index contributed by atoms with van der Waals surface area (Å²) in [4.78, 5) is 0. The summed E-state index contributed by atoms with van der Waals surface area (Å²) in [5, 5.41) is 12.1. The van der Waals surface area contributed by atoms with E-state index >= 15 is 0 Å². The molecular formula is C15H27NO3S2. The Morgan fingerprint density at radius 3 is 2.57 bits per heavy atom. The van der Waals surface area contributed by atoms with Gasteiger partial charge in [-0.25, -0.2) is 13.1 Å². The van der Waals surface area contributed by atoms with Crippen LogP contribution in [0.1, 0.15) is 52.9 Å². The fourth-order valence-corrected chi connectivity index (χ4v) is 4.65. The molecule has 1 rings (SSSR count). The first-order valence-corrected chi connectivity index (χ1v) is 10.0. The van der Waals surface area contributed by atoms with Gasteiger partial charge in [-0.05, 0) is 23.8 Å². The van der Waals surface area contributed by atoms with E-state index in [1.807, 2.05) is 13.8 Å². The first-order chi connectivity index (χ1) is 9.92. The van der Waals surface area contributed by atoms with Gasteiger partial charge in [-0.3, -0.25) is 0 Å². The molecular weight excluding hydrogens is 306 g/mol. The number of hydrogen-bond donors (Lipinski definition) is 2. The van der Waals surface area contributed by atoms with Crippen LogP contribution in [0.3, 0.4) is 0 Å². The zero-order valence-corrected chi connectivity index (χ0v) is 14.7. The molecule has 0 aromatic carbocycles. The van der Waals surface area contributed by atoms with Gasteiger partial charge < -0.3 is 5.11 Å². The number of aliphatic hydroxyl groups excluding tert-OH is 1. The Morgan fingerprint density at radius 1 is 1.33 bits per heavy atom. The molecule has 0 saturated heterocycles. The van der Waals surface area contributed by atoms with E-state index in [1.165, 1.54) is 11.3 Å². The highest BCUT2D eigenvalue weighted by Gasteiger charge is 2.29. The highest BCUT2D eigenvalue weighted by molar-refractivity contribution is 7.91. The molecule has 1 heterocycles. The Hall–Kier alpha value is -0.430. The van der Waals surface area contributed by atoms with Crippen molar-refractivity contribution in [2.75, 3.05) is 0 Å². The van der Waals surface area contributed by atoms with Crippen LogP contribution in [0.2, 0.25) is 0 Å². The van der Waals surface area contributed by atoms with E-state index in [9.17, 15) is 13.5 Å². The second kappa shape index (κ2) is 8.88. The maximum atomic E-state index is 12.3. The number of sulfonamides is 1. The van der Waals surface area contributed by atoms with Gasteiger partial charge in [-0.1, -0.05) is 52.5 Å². The second-order valence-corrected chi connectivity index (χ2v) is 8.42.